The third kappa shape index (κ3) is 3.00. The number of nitrogens with zero attached hydrogens (tertiary/aromatic N) is 2. The number of thioether (sulfide) groups is 1. The van der Waals surface area contributed by atoms with E-state index in [9.17, 15) is 4.79 Å². The topological polar surface area (TPSA) is 35.6 Å². The Morgan fingerprint density at radius 2 is 2.25 bits per heavy atom. The Morgan fingerprint density at radius 1 is 1.35 bits per heavy atom. The first-order valence-corrected chi connectivity index (χ1v) is 8.36. The fourth-order valence-corrected chi connectivity index (χ4v) is 3.49. The van der Waals surface area contributed by atoms with Crippen molar-refractivity contribution in [2.24, 2.45) is 0 Å². The number of hydrogen-bond donors (Lipinski definition) is 1. The van der Waals surface area contributed by atoms with E-state index in [1.54, 1.807) is 11.8 Å². The molecule has 3 rings (SSSR count). The van der Waals surface area contributed by atoms with Gasteiger partial charge < -0.3 is 5.32 Å². The molecule has 0 aromatic heterocycles. The molecule has 1 N–H and O–H groups in total. The maximum Gasteiger partial charge on any atom is 0.238 e. The number of rotatable bonds is 3. The number of amides is 1. The normalized spacial score (nSPS) is 24.2. The van der Waals surface area contributed by atoms with Crippen molar-refractivity contribution < 1.29 is 4.79 Å². The van der Waals surface area contributed by atoms with Gasteiger partial charge in [0.05, 0.1) is 0 Å². The molecule has 108 valence electrons. The van der Waals surface area contributed by atoms with Crippen LogP contribution >= 0.6 is 11.8 Å². The van der Waals surface area contributed by atoms with Crippen LogP contribution < -0.4 is 5.32 Å². The largest absolute Gasteiger partial charge is 0.353 e. The van der Waals surface area contributed by atoms with E-state index in [-0.39, 0.29) is 11.9 Å². The fourth-order valence-electron chi connectivity index (χ4n) is 3.01. The summed E-state index contributed by atoms with van der Waals surface area (Å²) in [6.07, 6.45) is 2.10. The smallest absolute Gasteiger partial charge is 0.238 e. The molecule has 0 aliphatic carbocycles. The molecular formula is C15H21N3OS. The zero-order valence-corrected chi connectivity index (χ0v) is 12.7. The summed E-state index contributed by atoms with van der Waals surface area (Å²) >= 11 is 1.77. The van der Waals surface area contributed by atoms with E-state index in [4.69, 9.17) is 0 Å². The van der Waals surface area contributed by atoms with Gasteiger partial charge in [-0.2, -0.15) is 0 Å². The second-order valence-electron chi connectivity index (χ2n) is 5.43. The summed E-state index contributed by atoms with van der Waals surface area (Å²) in [5.74, 6) is 0.193. The summed E-state index contributed by atoms with van der Waals surface area (Å²) < 4.78 is 0. The Kier molecular flexibility index (Phi) is 4.29. The van der Waals surface area contributed by atoms with Gasteiger partial charge in [-0.25, -0.2) is 0 Å². The van der Waals surface area contributed by atoms with Crippen molar-refractivity contribution in [2.45, 2.75) is 17.5 Å². The monoisotopic (exact) mass is 291 g/mol. The Bertz CT molecular complexity index is 494. The van der Waals surface area contributed by atoms with Crippen molar-refractivity contribution >= 4 is 17.7 Å². The lowest BCUT2D eigenvalue weighted by Gasteiger charge is -2.43. The molecule has 4 nitrogen and oxygen atoms in total. The predicted molar refractivity (Wildman–Crippen MR) is 81.9 cm³/mol. The molecule has 1 aromatic carbocycles. The molecule has 20 heavy (non-hydrogen) atoms. The Morgan fingerprint density at radius 3 is 3.10 bits per heavy atom. The van der Waals surface area contributed by atoms with E-state index in [0.29, 0.717) is 0 Å². The predicted octanol–water partition coefficient (Wildman–Crippen LogP) is 1.02. The number of piperazine rings is 2. The molecule has 2 saturated heterocycles. The van der Waals surface area contributed by atoms with E-state index < -0.39 is 0 Å². The molecule has 2 aliphatic rings. The van der Waals surface area contributed by atoms with Crippen LogP contribution in [0.15, 0.2) is 29.2 Å². The van der Waals surface area contributed by atoms with E-state index >= 15 is 0 Å². The molecule has 2 heterocycles. The molecule has 1 atom stereocenters. The molecule has 0 radical (unpaired) electrons. The van der Waals surface area contributed by atoms with Crippen molar-refractivity contribution in [3.63, 3.8) is 0 Å². The summed E-state index contributed by atoms with van der Waals surface area (Å²) in [7, 11) is 0. The molecule has 2 aliphatic heterocycles. The summed E-state index contributed by atoms with van der Waals surface area (Å²) in [5.41, 5.74) is 1.33. The average Bonchev–Trinajstić information content (AvgIpc) is 2.48. The van der Waals surface area contributed by atoms with E-state index in [1.807, 2.05) is 0 Å². The first kappa shape index (κ1) is 13.9. The summed E-state index contributed by atoms with van der Waals surface area (Å²) in [4.78, 5) is 18.0. The van der Waals surface area contributed by atoms with Crippen LogP contribution in [0.25, 0.3) is 0 Å². The number of nitrogens with one attached hydrogen (secondary N) is 1. The van der Waals surface area contributed by atoms with Gasteiger partial charge in [-0.15, -0.1) is 11.8 Å². The fraction of sp³-hybridized carbons (Fsp3) is 0.533. The molecule has 1 amide bonds. The van der Waals surface area contributed by atoms with Crippen LogP contribution in [0, 0.1) is 0 Å². The van der Waals surface area contributed by atoms with Crippen LogP contribution in [-0.4, -0.2) is 60.7 Å². The van der Waals surface area contributed by atoms with Crippen molar-refractivity contribution in [2.75, 3.05) is 39.0 Å². The van der Waals surface area contributed by atoms with E-state index in [2.05, 4.69) is 45.6 Å². The van der Waals surface area contributed by atoms with Crippen molar-refractivity contribution in [3.05, 3.63) is 29.8 Å². The van der Waals surface area contributed by atoms with Gasteiger partial charge in [-0.1, -0.05) is 12.1 Å². The van der Waals surface area contributed by atoms with Gasteiger partial charge >= 0.3 is 0 Å². The second kappa shape index (κ2) is 6.16. The summed E-state index contributed by atoms with van der Waals surface area (Å²) in [6.45, 7) is 5.62. The maximum atomic E-state index is 11.9. The van der Waals surface area contributed by atoms with Gasteiger partial charge in [0.15, 0.2) is 0 Å². The van der Waals surface area contributed by atoms with Gasteiger partial charge in [-0.05, 0) is 24.0 Å². The highest BCUT2D eigenvalue weighted by molar-refractivity contribution is 7.98. The third-order valence-corrected chi connectivity index (χ3v) is 4.84. The van der Waals surface area contributed by atoms with Crippen LogP contribution in [0.4, 0.5) is 0 Å². The lowest BCUT2D eigenvalue weighted by atomic mass is 10.1. The van der Waals surface area contributed by atoms with E-state index in [0.717, 1.165) is 39.3 Å². The average molecular weight is 291 g/mol. The molecule has 0 saturated carbocycles. The van der Waals surface area contributed by atoms with Gasteiger partial charge in [-0.3, -0.25) is 14.6 Å². The Hall–Kier alpha value is -1.04. The second-order valence-corrected chi connectivity index (χ2v) is 6.31. The maximum absolute atomic E-state index is 11.9. The standard InChI is InChI=1S/C15H21N3OS/c1-20-13-4-2-3-12(9-13)10-17-7-8-18-6-5-16-15(19)14(18)11-17/h2-4,9,14H,5-8,10-11H2,1H3,(H,16,19)/t14-/m1/s1. The summed E-state index contributed by atoms with van der Waals surface area (Å²) in [6, 6.07) is 8.72. The molecule has 2 fully saturated rings. The molecule has 0 spiro atoms. The highest BCUT2D eigenvalue weighted by Crippen LogP contribution is 2.19. The van der Waals surface area contributed by atoms with Gasteiger partial charge in [0.25, 0.3) is 0 Å². The Labute approximate surface area is 124 Å². The van der Waals surface area contributed by atoms with Crippen molar-refractivity contribution in [3.8, 4) is 0 Å². The molecule has 0 bridgehead atoms. The van der Waals surface area contributed by atoms with Crippen molar-refractivity contribution in [1.29, 1.82) is 0 Å². The molecule has 1 aromatic rings. The minimum Gasteiger partial charge on any atom is -0.353 e. The highest BCUT2D eigenvalue weighted by Gasteiger charge is 2.34. The van der Waals surface area contributed by atoms with Crippen LogP contribution in [0.1, 0.15) is 5.56 Å². The Balaban J connectivity index is 1.65. The number of benzene rings is 1. The van der Waals surface area contributed by atoms with Crippen LogP contribution in [0.3, 0.4) is 0 Å². The lowest BCUT2D eigenvalue weighted by Crippen LogP contribution is -2.63. The van der Waals surface area contributed by atoms with Crippen LogP contribution in [0.5, 0.6) is 0 Å². The number of carbonyl (C=O) groups is 1. The quantitative estimate of drug-likeness (QED) is 0.844. The number of carbonyl (C=O) groups excluding carboxylic acids is 1. The number of hydrogen-bond acceptors (Lipinski definition) is 4. The lowest BCUT2D eigenvalue weighted by molar-refractivity contribution is -0.131. The van der Waals surface area contributed by atoms with Crippen LogP contribution in [-0.2, 0) is 11.3 Å². The van der Waals surface area contributed by atoms with Gasteiger partial charge in [0.2, 0.25) is 5.91 Å². The van der Waals surface area contributed by atoms with Gasteiger partial charge in [0.1, 0.15) is 6.04 Å². The molecule has 0 unspecified atom stereocenters. The first-order valence-electron chi connectivity index (χ1n) is 7.13. The first-order chi connectivity index (χ1) is 9.76. The SMILES string of the molecule is CSc1cccc(CN2CCN3CCNC(=O)[C@H]3C2)c1. The van der Waals surface area contributed by atoms with Gasteiger partial charge in [0, 0.05) is 44.2 Å². The minimum atomic E-state index is 0.0428. The zero-order valence-electron chi connectivity index (χ0n) is 11.8. The third-order valence-electron chi connectivity index (χ3n) is 4.12. The zero-order chi connectivity index (χ0) is 13.9. The molecular weight excluding hydrogens is 270 g/mol. The minimum absolute atomic E-state index is 0.0428. The highest BCUT2D eigenvalue weighted by atomic mass is 32.2. The van der Waals surface area contributed by atoms with E-state index in [1.165, 1.54) is 10.5 Å². The van der Waals surface area contributed by atoms with Crippen molar-refractivity contribution in [1.82, 2.24) is 15.1 Å². The summed E-state index contributed by atoms with van der Waals surface area (Å²) in [5, 5.41) is 2.97. The number of fused-ring (bicyclic) bond motifs is 1. The van der Waals surface area contributed by atoms with Crippen LogP contribution in [0.2, 0.25) is 0 Å². The molecule has 5 heteroatoms.